The van der Waals surface area contributed by atoms with Gasteiger partial charge in [0.25, 0.3) is 0 Å². The number of carbonyl (C=O) groups is 2. The van der Waals surface area contributed by atoms with E-state index in [9.17, 15) is 9.59 Å². The Labute approximate surface area is 144 Å². The van der Waals surface area contributed by atoms with E-state index >= 15 is 0 Å². The number of pyridine rings is 1. The van der Waals surface area contributed by atoms with Crippen LogP contribution < -0.4 is 21.5 Å². The number of azo groups is 1. The second-order valence-corrected chi connectivity index (χ2v) is 4.85. The highest BCUT2D eigenvalue weighted by Crippen LogP contribution is 2.30. The third-order valence-electron chi connectivity index (χ3n) is 3.00. The van der Waals surface area contributed by atoms with E-state index in [-0.39, 0.29) is 36.5 Å². The van der Waals surface area contributed by atoms with Crippen LogP contribution >= 0.6 is 0 Å². The van der Waals surface area contributed by atoms with Crippen LogP contribution in [-0.2, 0) is 9.59 Å². The Kier molecular flexibility index (Phi) is 6.13. The van der Waals surface area contributed by atoms with E-state index < -0.39 is 0 Å². The first-order chi connectivity index (χ1) is 12.0. The summed E-state index contributed by atoms with van der Waals surface area (Å²) in [6, 6.07) is 9.82. The number of rotatable bonds is 6. The molecule has 1 aromatic heterocycles. The Balaban J connectivity index is 2.19. The molecule has 0 saturated heterocycles. The topological polar surface area (TPSA) is 145 Å². The van der Waals surface area contributed by atoms with Crippen molar-refractivity contribution in [2.45, 2.75) is 13.3 Å². The molecule has 0 bridgehead atoms. The van der Waals surface area contributed by atoms with Crippen LogP contribution in [0.3, 0.4) is 0 Å². The van der Waals surface area contributed by atoms with Crippen LogP contribution in [0.5, 0.6) is 5.75 Å². The number of carbonyl (C=O) groups excluding carboxylic acids is 2. The van der Waals surface area contributed by atoms with Gasteiger partial charge in [0.05, 0.1) is 6.54 Å². The van der Waals surface area contributed by atoms with Crippen molar-refractivity contribution in [1.29, 1.82) is 0 Å². The SMILES string of the molecule is CCC(=O)Oc1ccccc1N=Nc1ccc(NC(=O)CN)nc1N. The summed E-state index contributed by atoms with van der Waals surface area (Å²) in [5, 5.41) is 10.6. The number of nitrogen functional groups attached to an aromatic ring is 1. The summed E-state index contributed by atoms with van der Waals surface area (Å²) in [5.41, 5.74) is 11.7. The molecule has 0 radical (unpaired) electrons. The molecule has 0 unspecified atom stereocenters. The lowest BCUT2D eigenvalue weighted by Gasteiger charge is -2.06. The van der Waals surface area contributed by atoms with Crippen LogP contribution in [0.1, 0.15) is 13.3 Å². The maximum Gasteiger partial charge on any atom is 0.310 e. The van der Waals surface area contributed by atoms with Gasteiger partial charge in [0.1, 0.15) is 17.2 Å². The molecule has 0 fully saturated rings. The van der Waals surface area contributed by atoms with Crippen molar-refractivity contribution in [2.75, 3.05) is 17.6 Å². The molecule has 1 amide bonds. The van der Waals surface area contributed by atoms with Crippen LogP contribution in [0.25, 0.3) is 0 Å². The van der Waals surface area contributed by atoms with Gasteiger partial charge in [0.2, 0.25) is 5.91 Å². The molecule has 25 heavy (non-hydrogen) atoms. The maximum absolute atomic E-state index is 11.4. The van der Waals surface area contributed by atoms with E-state index in [1.807, 2.05) is 0 Å². The van der Waals surface area contributed by atoms with Gasteiger partial charge in [-0.25, -0.2) is 4.98 Å². The summed E-state index contributed by atoms with van der Waals surface area (Å²) in [5.74, 6) is -0.0981. The summed E-state index contributed by atoms with van der Waals surface area (Å²) in [6.45, 7) is 1.54. The summed E-state index contributed by atoms with van der Waals surface area (Å²) < 4.78 is 5.19. The first kappa shape index (κ1) is 18.0. The highest BCUT2D eigenvalue weighted by molar-refractivity contribution is 5.91. The Bertz CT molecular complexity index is 806. The van der Waals surface area contributed by atoms with Crippen LogP contribution in [-0.4, -0.2) is 23.4 Å². The second-order valence-electron chi connectivity index (χ2n) is 4.85. The molecule has 2 aromatic rings. The number of nitrogens with zero attached hydrogens (tertiary/aromatic N) is 3. The number of benzene rings is 1. The van der Waals surface area contributed by atoms with Crippen LogP contribution in [0.15, 0.2) is 46.6 Å². The van der Waals surface area contributed by atoms with Gasteiger partial charge in [-0.3, -0.25) is 9.59 Å². The predicted molar refractivity (Wildman–Crippen MR) is 92.9 cm³/mol. The molecule has 130 valence electrons. The molecule has 9 nitrogen and oxygen atoms in total. The number of nitrogens with one attached hydrogen (secondary N) is 1. The number of nitrogens with two attached hydrogens (primary N) is 2. The normalized spacial score (nSPS) is 10.6. The molecule has 0 atom stereocenters. The van der Waals surface area contributed by atoms with Crippen molar-refractivity contribution in [1.82, 2.24) is 4.98 Å². The third-order valence-corrected chi connectivity index (χ3v) is 3.00. The number of esters is 1. The number of hydrogen-bond donors (Lipinski definition) is 3. The largest absolute Gasteiger partial charge is 0.424 e. The van der Waals surface area contributed by atoms with Gasteiger partial charge in [-0.05, 0) is 24.3 Å². The summed E-state index contributed by atoms with van der Waals surface area (Å²) in [7, 11) is 0. The standard InChI is InChI=1S/C16H18N6O3/c1-2-15(24)25-12-6-4-3-5-10(12)21-22-11-7-8-13(20-16(11)18)19-14(23)9-17/h3-8H,2,9,17H2,1H3,(H3,18,19,20,23). The first-order valence-corrected chi connectivity index (χ1v) is 7.51. The number of hydrogen-bond acceptors (Lipinski definition) is 8. The van der Waals surface area contributed by atoms with Crippen molar-refractivity contribution in [2.24, 2.45) is 16.0 Å². The average Bonchev–Trinajstić information content (AvgIpc) is 2.62. The fourth-order valence-corrected chi connectivity index (χ4v) is 1.74. The maximum atomic E-state index is 11.4. The van der Waals surface area contributed by atoms with Crippen molar-refractivity contribution >= 4 is 34.9 Å². The Morgan fingerprint density at radius 3 is 2.56 bits per heavy atom. The van der Waals surface area contributed by atoms with E-state index in [0.717, 1.165) is 0 Å². The van der Waals surface area contributed by atoms with Crippen LogP contribution in [0, 0.1) is 0 Å². The smallest absolute Gasteiger partial charge is 0.310 e. The minimum absolute atomic E-state index is 0.0848. The van der Waals surface area contributed by atoms with E-state index in [4.69, 9.17) is 16.2 Å². The molecule has 0 aliphatic carbocycles. The highest BCUT2D eigenvalue weighted by atomic mass is 16.5. The van der Waals surface area contributed by atoms with Gasteiger partial charge in [-0.15, -0.1) is 10.2 Å². The zero-order valence-electron chi connectivity index (χ0n) is 13.6. The fourth-order valence-electron chi connectivity index (χ4n) is 1.74. The molecule has 0 aliphatic rings. The third kappa shape index (κ3) is 5.08. The molecular weight excluding hydrogens is 324 g/mol. The molecule has 1 aromatic carbocycles. The summed E-state index contributed by atoms with van der Waals surface area (Å²) in [6.07, 6.45) is 0.248. The minimum atomic E-state index is -0.382. The molecule has 0 saturated carbocycles. The number of amides is 1. The van der Waals surface area contributed by atoms with E-state index in [0.29, 0.717) is 17.1 Å². The van der Waals surface area contributed by atoms with Crippen molar-refractivity contribution < 1.29 is 14.3 Å². The second kappa shape index (κ2) is 8.50. The monoisotopic (exact) mass is 342 g/mol. The van der Waals surface area contributed by atoms with E-state index in [2.05, 4.69) is 20.5 Å². The van der Waals surface area contributed by atoms with Gasteiger partial charge < -0.3 is 21.5 Å². The van der Waals surface area contributed by atoms with E-state index in [1.165, 1.54) is 6.07 Å². The number of para-hydroxylation sites is 1. The van der Waals surface area contributed by atoms with Crippen molar-refractivity contribution in [3.05, 3.63) is 36.4 Å². The molecule has 5 N–H and O–H groups in total. The summed E-state index contributed by atoms with van der Waals surface area (Å²) in [4.78, 5) is 26.7. The highest BCUT2D eigenvalue weighted by Gasteiger charge is 2.08. The first-order valence-electron chi connectivity index (χ1n) is 7.51. The quantitative estimate of drug-likeness (QED) is 0.417. The van der Waals surface area contributed by atoms with Gasteiger partial charge >= 0.3 is 5.97 Å². The lowest BCUT2D eigenvalue weighted by atomic mass is 10.3. The van der Waals surface area contributed by atoms with Gasteiger partial charge in [-0.2, -0.15) is 0 Å². The van der Waals surface area contributed by atoms with E-state index in [1.54, 1.807) is 37.3 Å². The molecule has 2 rings (SSSR count). The lowest BCUT2D eigenvalue weighted by Crippen LogP contribution is -2.22. The molecule has 1 heterocycles. The van der Waals surface area contributed by atoms with Crippen molar-refractivity contribution in [3.8, 4) is 5.75 Å². The van der Waals surface area contributed by atoms with Crippen LogP contribution in [0.4, 0.5) is 23.0 Å². The fraction of sp³-hybridized carbons (Fsp3) is 0.188. The Morgan fingerprint density at radius 1 is 1.16 bits per heavy atom. The zero-order valence-corrected chi connectivity index (χ0v) is 13.6. The van der Waals surface area contributed by atoms with Gasteiger partial charge in [0, 0.05) is 6.42 Å². The summed E-state index contributed by atoms with van der Waals surface area (Å²) >= 11 is 0. The molecule has 0 aliphatic heterocycles. The van der Waals surface area contributed by atoms with Crippen molar-refractivity contribution in [3.63, 3.8) is 0 Å². The number of ether oxygens (including phenoxy) is 1. The minimum Gasteiger partial charge on any atom is -0.424 e. The Morgan fingerprint density at radius 2 is 1.88 bits per heavy atom. The van der Waals surface area contributed by atoms with Gasteiger partial charge in [-0.1, -0.05) is 19.1 Å². The average molecular weight is 342 g/mol. The van der Waals surface area contributed by atoms with Gasteiger partial charge in [0.15, 0.2) is 11.6 Å². The molecule has 0 spiro atoms. The molecular formula is C16H18N6O3. The number of anilines is 2. The zero-order chi connectivity index (χ0) is 18.2. The van der Waals surface area contributed by atoms with Crippen LogP contribution in [0.2, 0.25) is 0 Å². The molecule has 9 heteroatoms. The predicted octanol–water partition coefficient (Wildman–Crippen LogP) is 2.29. The lowest BCUT2D eigenvalue weighted by molar-refractivity contribution is -0.134. The number of aromatic nitrogens is 1. The Hall–Kier alpha value is -3.33.